The lowest BCUT2D eigenvalue weighted by molar-refractivity contribution is 0.447. The van der Waals surface area contributed by atoms with Crippen molar-refractivity contribution < 1.29 is 0 Å². The molecule has 0 radical (unpaired) electrons. The van der Waals surface area contributed by atoms with Gasteiger partial charge in [0.05, 0.1) is 11.3 Å². The Morgan fingerprint density at radius 3 is 2.69 bits per heavy atom. The van der Waals surface area contributed by atoms with Gasteiger partial charge < -0.3 is 4.90 Å². The van der Waals surface area contributed by atoms with Crippen LogP contribution in [0.4, 0.5) is 5.69 Å². The number of para-hydroxylation sites is 1. The standard InChI is InChI=1S/C11H12N2/c1-9-7-13(8-9)11-5-3-2-4-10(11)6-12/h2-5,9H,7-8H2,1H3. The van der Waals surface area contributed by atoms with Gasteiger partial charge in [0.2, 0.25) is 0 Å². The topological polar surface area (TPSA) is 27.0 Å². The first-order chi connectivity index (χ1) is 6.31. The molecule has 0 aliphatic carbocycles. The van der Waals surface area contributed by atoms with Crippen LogP contribution in [0.3, 0.4) is 0 Å². The van der Waals surface area contributed by atoms with E-state index >= 15 is 0 Å². The zero-order chi connectivity index (χ0) is 9.26. The molecule has 2 rings (SSSR count). The van der Waals surface area contributed by atoms with Gasteiger partial charge in [-0.25, -0.2) is 0 Å². The van der Waals surface area contributed by atoms with Crippen LogP contribution in [0.1, 0.15) is 12.5 Å². The van der Waals surface area contributed by atoms with E-state index in [1.165, 1.54) is 0 Å². The second kappa shape index (κ2) is 3.10. The summed E-state index contributed by atoms with van der Waals surface area (Å²) in [5, 5.41) is 8.88. The molecule has 1 saturated heterocycles. The molecule has 1 aliphatic heterocycles. The quantitative estimate of drug-likeness (QED) is 0.648. The van der Waals surface area contributed by atoms with Crippen molar-refractivity contribution in [1.82, 2.24) is 0 Å². The van der Waals surface area contributed by atoms with Gasteiger partial charge in [-0.05, 0) is 18.1 Å². The van der Waals surface area contributed by atoms with Gasteiger partial charge in [0, 0.05) is 13.1 Å². The molecule has 0 amide bonds. The molecule has 66 valence electrons. The second-order valence-corrected chi connectivity index (χ2v) is 3.64. The van der Waals surface area contributed by atoms with Crippen molar-refractivity contribution in [2.24, 2.45) is 5.92 Å². The number of hydrogen-bond donors (Lipinski definition) is 0. The first-order valence-corrected chi connectivity index (χ1v) is 4.55. The van der Waals surface area contributed by atoms with Crippen molar-refractivity contribution in [3.05, 3.63) is 29.8 Å². The van der Waals surface area contributed by atoms with Gasteiger partial charge in [-0.1, -0.05) is 19.1 Å². The van der Waals surface area contributed by atoms with E-state index in [1.807, 2.05) is 24.3 Å². The summed E-state index contributed by atoms with van der Waals surface area (Å²) in [5.41, 5.74) is 1.87. The third kappa shape index (κ3) is 1.38. The zero-order valence-corrected chi connectivity index (χ0v) is 7.70. The fourth-order valence-corrected chi connectivity index (χ4v) is 1.74. The summed E-state index contributed by atoms with van der Waals surface area (Å²) >= 11 is 0. The zero-order valence-electron chi connectivity index (χ0n) is 7.70. The molecular formula is C11H12N2. The maximum Gasteiger partial charge on any atom is 0.101 e. The summed E-state index contributed by atoms with van der Waals surface area (Å²) in [4.78, 5) is 2.25. The molecule has 1 aromatic rings. The van der Waals surface area contributed by atoms with Crippen molar-refractivity contribution in [3.63, 3.8) is 0 Å². The average molecular weight is 172 g/mol. The highest BCUT2D eigenvalue weighted by Crippen LogP contribution is 2.26. The highest BCUT2D eigenvalue weighted by atomic mass is 15.2. The Bertz CT molecular complexity index is 345. The summed E-state index contributed by atoms with van der Waals surface area (Å²) < 4.78 is 0. The van der Waals surface area contributed by atoms with Crippen molar-refractivity contribution >= 4 is 5.69 Å². The molecule has 1 fully saturated rings. The summed E-state index contributed by atoms with van der Waals surface area (Å²) in [7, 11) is 0. The van der Waals surface area contributed by atoms with E-state index in [-0.39, 0.29) is 0 Å². The predicted octanol–water partition coefficient (Wildman–Crippen LogP) is 2.01. The Kier molecular flexibility index (Phi) is 1.94. The van der Waals surface area contributed by atoms with E-state index < -0.39 is 0 Å². The average Bonchev–Trinajstić information content (AvgIpc) is 2.13. The van der Waals surface area contributed by atoms with Crippen LogP contribution in [0.2, 0.25) is 0 Å². The van der Waals surface area contributed by atoms with Gasteiger partial charge in [0.1, 0.15) is 6.07 Å². The number of benzene rings is 1. The van der Waals surface area contributed by atoms with Gasteiger partial charge in [0.15, 0.2) is 0 Å². The largest absolute Gasteiger partial charge is 0.370 e. The normalized spacial score (nSPS) is 16.5. The summed E-state index contributed by atoms with van der Waals surface area (Å²) in [6, 6.07) is 10.0. The van der Waals surface area contributed by atoms with Crippen molar-refractivity contribution in [2.75, 3.05) is 18.0 Å². The predicted molar refractivity (Wildman–Crippen MR) is 52.5 cm³/mol. The fourth-order valence-electron chi connectivity index (χ4n) is 1.74. The fraction of sp³-hybridized carbons (Fsp3) is 0.364. The number of rotatable bonds is 1. The lowest BCUT2D eigenvalue weighted by atomic mass is 10.0. The SMILES string of the molecule is CC1CN(c2ccccc2C#N)C1. The van der Waals surface area contributed by atoms with Crippen LogP contribution in [0.25, 0.3) is 0 Å². The first-order valence-electron chi connectivity index (χ1n) is 4.55. The summed E-state index contributed by atoms with van der Waals surface area (Å²) in [5.74, 6) is 0.770. The third-order valence-electron chi connectivity index (χ3n) is 2.43. The van der Waals surface area contributed by atoms with Crippen LogP contribution in [-0.4, -0.2) is 13.1 Å². The number of nitrogens with zero attached hydrogens (tertiary/aromatic N) is 2. The van der Waals surface area contributed by atoms with Crippen molar-refractivity contribution in [2.45, 2.75) is 6.92 Å². The third-order valence-corrected chi connectivity index (χ3v) is 2.43. The molecule has 1 aliphatic rings. The molecule has 0 unspecified atom stereocenters. The lowest BCUT2D eigenvalue weighted by Crippen LogP contribution is -2.45. The summed E-state index contributed by atoms with van der Waals surface area (Å²) in [6.07, 6.45) is 0. The van der Waals surface area contributed by atoms with E-state index in [2.05, 4.69) is 17.9 Å². The highest BCUT2D eigenvalue weighted by Gasteiger charge is 2.23. The molecule has 0 saturated carbocycles. The Morgan fingerprint density at radius 1 is 1.38 bits per heavy atom. The van der Waals surface area contributed by atoms with Gasteiger partial charge in [-0.2, -0.15) is 5.26 Å². The van der Waals surface area contributed by atoms with E-state index in [0.29, 0.717) is 0 Å². The maximum absolute atomic E-state index is 8.88. The Balaban J connectivity index is 2.26. The van der Waals surface area contributed by atoms with Crippen LogP contribution in [0, 0.1) is 17.2 Å². The molecule has 13 heavy (non-hydrogen) atoms. The van der Waals surface area contributed by atoms with Gasteiger partial charge >= 0.3 is 0 Å². The monoisotopic (exact) mass is 172 g/mol. The molecule has 2 heteroatoms. The number of nitriles is 1. The minimum Gasteiger partial charge on any atom is -0.370 e. The van der Waals surface area contributed by atoms with Crippen LogP contribution >= 0.6 is 0 Å². The van der Waals surface area contributed by atoms with E-state index in [1.54, 1.807) is 0 Å². The second-order valence-electron chi connectivity index (χ2n) is 3.64. The Hall–Kier alpha value is -1.49. The Morgan fingerprint density at radius 2 is 2.08 bits per heavy atom. The number of anilines is 1. The molecule has 0 spiro atoms. The van der Waals surface area contributed by atoms with Gasteiger partial charge in [-0.15, -0.1) is 0 Å². The molecule has 0 N–H and O–H groups in total. The van der Waals surface area contributed by atoms with Crippen LogP contribution in [0.5, 0.6) is 0 Å². The van der Waals surface area contributed by atoms with Crippen LogP contribution < -0.4 is 4.90 Å². The summed E-state index contributed by atoms with van der Waals surface area (Å²) in [6.45, 7) is 4.39. The van der Waals surface area contributed by atoms with E-state index in [0.717, 1.165) is 30.3 Å². The van der Waals surface area contributed by atoms with Crippen LogP contribution in [-0.2, 0) is 0 Å². The van der Waals surface area contributed by atoms with Crippen molar-refractivity contribution in [1.29, 1.82) is 5.26 Å². The van der Waals surface area contributed by atoms with Gasteiger partial charge in [0.25, 0.3) is 0 Å². The van der Waals surface area contributed by atoms with E-state index in [9.17, 15) is 0 Å². The first kappa shape index (κ1) is 8.12. The molecule has 0 bridgehead atoms. The maximum atomic E-state index is 8.88. The molecule has 1 heterocycles. The molecule has 0 atom stereocenters. The highest BCUT2D eigenvalue weighted by molar-refractivity contribution is 5.60. The molecule has 0 aromatic heterocycles. The van der Waals surface area contributed by atoms with Gasteiger partial charge in [-0.3, -0.25) is 0 Å². The minimum atomic E-state index is 0.770. The molecular weight excluding hydrogens is 160 g/mol. The minimum absolute atomic E-state index is 0.770. The number of hydrogen-bond acceptors (Lipinski definition) is 2. The Labute approximate surface area is 78.4 Å². The molecule has 1 aromatic carbocycles. The lowest BCUT2D eigenvalue weighted by Gasteiger charge is -2.39. The van der Waals surface area contributed by atoms with Crippen LogP contribution in [0.15, 0.2) is 24.3 Å². The molecule has 2 nitrogen and oxygen atoms in total. The van der Waals surface area contributed by atoms with E-state index in [4.69, 9.17) is 5.26 Å². The van der Waals surface area contributed by atoms with Crippen molar-refractivity contribution in [3.8, 4) is 6.07 Å². The smallest absolute Gasteiger partial charge is 0.101 e.